The quantitative estimate of drug-likeness (QED) is 0.0532. The van der Waals surface area contributed by atoms with E-state index in [1.165, 1.54) is 35.2 Å². The average molecular weight is 732 g/mol. The largest absolute Gasteiger partial charge is 0.379 e. The van der Waals surface area contributed by atoms with Crippen LogP contribution in [0.1, 0.15) is 5.56 Å². The first-order valence-corrected chi connectivity index (χ1v) is 19.4. The van der Waals surface area contributed by atoms with E-state index in [1.807, 2.05) is 54.6 Å². The predicted molar refractivity (Wildman–Crippen MR) is 208 cm³/mol. The van der Waals surface area contributed by atoms with Crippen LogP contribution in [0.25, 0.3) is 22.0 Å². The molecule has 52 heavy (non-hydrogen) atoms. The molecule has 264 valence electrons. The van der Waals surface area contributed by atoms with E-state index < -0.39 is 14.9 Å². The van der Waals surface area contributed by atoms with E-state index in [9.17, 15) is 18.5 Å². The third-order valence-corrected chi connectivity index (χ3v) is 11.3. The maximum absolute atomic E-state index is 13.5. The zero-order valence-electron chi connectivity index (χ0n) is 28.3. The molecule has 0 spiro atoms. The number of nitrogens with one attached hydrogen (secondary N) is 2. The lowest BCUT2D eigenvalue weighted by molar-refractivity contribution is -0.384. The molecule has 0 bridgehead atoms. The molecule has 1 aromatic heterocycles. The fourth-order valence-corrected chi connectivity index (χ4v) is 8.16. The van der Waals surface area contributed by atoms with E-state index >= 15 is 0 Å². The van der Waals surface area contributed by atoms with Gasteiger partial charge in [0.05, 0.1) is 15.3 Å². The topological polar surface area (TPSA) is 134 Å². The van der Waals surface area contributed by atoms with Crippen LogP contribution in [0.15, 0.2) is 137 Å². The summed E-state index contributed by atoms with van der Waals surface area (Å²) >= 11 is 1.62. The van der Waals surface area contributed by atoms with Crippen molar-refractivity contribution in [2.24, 2.45) is 0 Å². The van der Waals surface area contributed by atoms with E-state index in [2.05, 4.69) is 78.3 Å². The zero-order chi connectivity index (χ0) is 35.9. The molecule has 0 radical (unpaired) electrons. The SMILES string of the molecule is O=[N+]([O-])c1cc(S(=O)(=O)Nc2ncnc3cc(N4CCN(Cc5ccccc5-c5ccccc5)CC4)ccc23)ccc1NCCSc1ccccc1. The molecule has 5 aromatic carbocycles. The Bertz CT molecular complexity index is 2290. The Morgan fingerprint density at radius 2 is 1.54 bits per heavy atom. The average Bonchev–Trinajstić information content (AvgIpc) is 3.17. The Morgan fingerprint density at radius 1 is 0.808 bits per heavy atom. The summed E-state index contributed by atoms with van der Waals surface area (Å²) in [7, 11) is -4.21. The molecule has 0 amide bonds. The number of anilines is 3. The molecule has 0 atom stereocenters. The van der Waals surface area contributed by atoms with Crippen LogP contribution >= 0.6 is 11.8 Å². The van der Waals surface area contributed by atoms with Gasteiger partial charge in [0, 0.05) is 67.1 Å². The van der Waals surface area contributed by atoms with E-state index in [-0.39, 0.29) is 22.1 Å². The van der Waals surface area contributed by atoms with Gasteiger partial charge in [0.1, 0.15) is 12.0 Å². The molecular formula is C39H37N7O4S2. The number of nitro benzene ring substituents is 1. The number of piperazine rings is 1. The summed E-state index contributed by atoms with van der Waals surface area (Å²) in [5, 5.41) is 15.5. The van der Waals surface area contributed by atoms with Crippen molar-refractivity contribution in [1.29, 1.82) is 0 Å². The van der Waals surface area contributed by atoms with Crippen molar-refractivity contribution in [3.63, 3.8) is 0 Å². The van der Waals surface area contributed by atoms with Gasteiger partial charge >= 0.3 is 0 Å². The lowest BCUT2D eigenvalue weighted by Crippen LogP contribution is -2.46. The number of nitrogens with zero attached hydrogens (tertiary/aromatic N) is 5. The van der Waals surface area contributed by atoms with Crippen LogP contribution in [0.2, 0.25) is 0 Å². The molecule has 13 heteroatoms. The van der Waals surface area contributed by atoms with Crippen LogP contribution in [0.5, 0.6) is 0 Å². The molecule has 1 saturated heterocycles. The Labute approximate surface area is 306 Å². The van der Waals surface area contributed by atoms with Gasteiger partial charge in [-0.2, -0.15) is 0 Å². The minimum atomic E-state index is -4.21. The van der Waals surface area contributed by atoms with E-state index in [0.717, 1.165) is 49.4 Å². The van der Waals surface area contributed by atoms with E-state index in [0.29, 0.717) is 23.2 Å². The summed E-state index contributed by atoms with van der Waals surface area (Å²) in [5.74, 6) is 0.771. The van der Waals surface area contributed by atoms with Gasteiger partial charge in [-0.15, -0.1) is 11.8 Å². The van der Waals surface area contributed by atoms with E-state index in [4.69, 9.17) is 0 Å². The van der Waals surface area contributed by atoms with Gasteiger partial charge in [0.2, 0.25) is 0 Å². The highest BCUT2D eigenvalue weighted by Gasteiger charge is 2.24. The number of fused-ring (bicyclic) bond motifs is 1. The monoisotopic (exact) mass is 731 g/mol. The van der Waals surface area contributed by atoms with Crippen molar-refractivity contribution in [2.45, 2.75) is 16.3 Å². The van der Waals surface area contributed by atoms with Gasteiger partial charge in [-0.3, -0.25) is 19.7 Å². The van der Waals surface area contributed by atoms with Gasteiger partial charge in [0.15, 0.2) is 5.82 Å². The molecule has 0 unspecified atom stereocenters. The summed E-state index contributed by atoms with van der Waals surface area (Å²) in [6.45, 7) is 4.77. The maximum Gasteiger partial charge on any atom is 0.293 e. The third-order valence-electron chi connectivity index (χ3n) is 8.99. The van der Waals surface area contributed by atoms with E-state index in [1.54, 1.807) is 11.8 Å². The molecular weight excluding hydrogens is 695 g/mol. The minimum absolute atomic E-state index is 0.0984. The number of hydrogen-bond acceptors (Lipinski definition) is 10. The van der Waals surface area contributed by atoms with Crippen molar-refractivity contribution in [3.05, 3.63) is 143 Å². The number of rotatable bonds is 13. The smallest absolute Gasteiger partial charge is 0.293 e. The Kier molecular flexibility index (Phi) is 10.6. The second-order valence-corrected chi connectivity index (χ2v) is 15.2. The summed E-state index contributed by atoms with van der Waals surface area (Å²) < 4.78 is 29.5. The summed E-state index contributed by atoms with van der Waals surface area (Å²) in [5.41, 5.74) is 5.26. The standard InChI is InChI=1S/C39H37N7O4S2/c47-46(48)38-26-33(16-18-36(38)40-19-24-51-32-12-5-2-6-13-32)52(49,50)43-39-35-17-15-31(25-37(35)41-28-42-39)45-22-20-44(21-23-45)27-30-11-7-8-14-34(30)29-9-3-1-4-10-29/h1-18,25-26,28,40H,19-24,27H2,(H,41,42,43). The highest BCUT2D eigenvalue weighted by Crippen LogP contribution is 2.31. The molecule has 7 rings (SSSR count). The summed E-state index contributed by atoms with van der Waals surface area (Å²) in [6.07, 6.45) is 1.31. The highest BCUT2D eigenvalue weighted by molar-refractivity contribution is 7.99. The number of aromatic nitrogens is 2. The van der Waals surface area contributed by atoms with Gasteiger partial charge in [-0.25, -0.2) is 18.4 Å². The predicted octanol–water partition coefficient (Wildman–Crippen LogP) is 7.53. The fourth-order valence-electron chi connectivity index (χ4n) is 6.32. The number of thioether (sulfide) groups is 1. The first-order chi connectivity index (χ1) is 25.3. The highest BCUT2D eigenvalue weighted by atomic mass is 32.2. The molecule has 11 nitrogen and oxygen atoms in total. The number of sulfonamides is 1. The van der Waals surface area contributed by atoms with Crippen molar-refractivity contribution in [3.8, 4) is 11.1 Å². The van der Waals surface area contributed by atoms with Crippen LogP contribution in [0, 0.1) is 10.1 Å². The summed E-state index contributed by atoms with van der Waals surface area (Å²) in [4.78, 5) is 25.6. The molecule has 0 saturated carbocycles. The second kappa shape index (κ2) is 15.8. The minimum Gasteiger partial charge on any atom is -0.379 e. The molecule has 1 aliphatic rings. The number of hydrogen-bond donors (Lipinski definition) is 2. The molecule has 1 fully saturated rings. The molecule has 1 aliphatic heterocycles. The Morgan fingerprint density at radius 3 is 2.31 bits per heavy atom. The second-order valence-electron chi connectivity index (χ2n) is 12.3. The van der Waals surface area contributed by atoms with Crippen molar-refractivity contribution in [1.82, 2.24) is 14.9 Å². The lowest BCUT2D eigenvalue weighted by atomic mass is 9.99. The van der Waals surface area contributed by atoms with Crippen molar-refractivity contribution in [2.75, 3.05) is 53.4 Å². The van der Waals surface area contributed by atoms with Crippen LogP contribution in [0.3, 0.4) is 0 Å². The van der Waals surface area contributed by atoms with Gasteiger partial charge in [-0.05, 0) is 59.2 Å². The Hall–Kier alpha value is -5.50. The first-order valence-electron chi connectivity index (χ1n) is 16.9. The normalized spacial score (nSPS) is 13.6. The van der Waals surface area contributed by atoms with Crippen LogP contribution in [0.4, 0.5) is 22.9 Å². The van der Waals surface area contributed by atoms with Gasteiger partial charge in [0.25, 0.3) is 15.7 Å². The fraction of sp³-hybridized carbons (Fsp3) is 0.179. The zero-order valence-corrected chi connectivity index (χ0v) is 29.9. The third kappa shape index (κ3) is 8.17. The van der Waals surface area contributed by atoms with Crippen molar-refractivity contribution < 1.29 is 13.3 Å². The molecule has 0 aliphatic carbocycles. The molecule has 6 aromatic rings. The molecule has 2 heterocycles. The first kappa shape index (κ1) is 34.9. The van der Waals surface area contributed by atoms with Gasteiger partial charge in [-0.1, -0.05) is 72.8 Å². The van der Waals surface area contributed by atoms with Crippen LogP contribution in [-0.4, -0.2) is 66.7 Å². The van der Waals surface area contributed by atoms with Crippen molar-refractivity contribution >= 4 is 55.6 Å². The maximum atomic E-state index is 13.5. The number of nitro groups is 1. The van der Waals surface area contributed by atoms with Gasteiger partial charge < -0.3 is 10.2 Å². The lowest BCUT2D eigenvalue weighted by Gasteiger charge is -2.36. The Balaban J connectivity index is 1.00. The van der Waals surface area contributed by atoms with Crippen LogP contribution < -0.4 is 14.9 Å². The van der Waals surface area contributed by atoms with Crippen LogP contribution in [-0.2, 0) is 16.6 Å². The summed E-state index contributed by atoms with van der Waals surface area (Å²) in [6, 6.07) is 38.4. The molecule has 2 N–H and O–H groups in total. The number of benzene rings is 5.